The molecule has 140 valence electrons. The minimum Gasteiger partial charge on any atom is -0.386 e. The number of piperidine rings is 1. The van der Waals surface area contributed by atoms with Crippen molar-refractivity contribution in [2.24, 2.45) is 0 Å². The summed E-state index contributed by atoms with van der Waals surface area (Å²) in [6, 6.07) is 11.7. The minimum absolute atomic E-state index is 0.0754. The number of carbonyl (C=O) groups excluding carboxylic acids is 1. The van der Waals surface area contributed by atoms with Gasteiger partial charge in [-0.1, -0.05) is 12.1 Å². The molecule has 0 spiro atoms. The lowest BCUT2D eigenvalue weighted by molar-refractivity contribution is 0.0723. The Hall–Kier alpha value is -2.66. The number of rotatable bonds is 3. The van der Waals surface area contributed by atoms with Crippen LogP contribution in [0.1, 0.15) is 49.0 Å². The smallest absolute Gasteiger partial charge is 0.255 e. The van der Waals surface area contributed by atoms with Gasteiger partial charge < -0.3 is 14.6 Å². The standard InChI is InChI=1S/C22H25N3O2/c1-22(2,27)18-6-8-19(9-7-18)25-13-10-16-14-17(15-23-20(16)25)21(26)24-11-4-3-5-12-24/h6-10,13-15,27H,3-5,11-12H2,1-2H3. The lowest BCUT2D eigenvalue weighted by Gasteiger charge is -2.26. The summed E-state index contributed by atoms with van der Waals surface area (Å²) in [4.78, 5) is 19.2. The van der Waals surface area contributed by atoms with Gasteiger partial charge in [0, 0.05) is 36.6 Å². The summed E-state index contributed by atoms with van der Waals surface area (Å²) in [5.41, 5.74) is 2.45. The number of carbonyl (C=O) groups is 1. The van der Waals surface area contributed by atoms with Crippen molar-refractivity contribution >= 4 is 16.9 Å². The summed E-state index contributed by atoms with van der Waals surface area (Å²) < 4.78 is 2.00. The van der Waals surface area contributed by atoms with Crippen LogP contribution in [0.15, 0.2) is 48.8 Å². The van der Waals surface area contributed by atoms with Crippen LogP contribution in [0.5, 0.6) is 0 Å². The average Bonchev–Trinajstić information content (AvgIpc) is 3.10. The van der Waals surface area contributed by atoms with Crippen molar-refractivity contribution in [1.82, 2.24) is 14.5 Å². The second kappa shape index (κ2) is 6.82. The van der Waals surface area contributed by atoms with E-state index in [9.17, 15) is 9.90 Å². The molecule has 27 heavy (non-hydrogen) atoms. The fraction of sp³-hybridized carbons (Fsp3) is 0.364. The first kappa shape index (κ1) is 17.7. The second-order valence-electron chi connectivity index (χ2n) is 7.78. The number of aliphatic hydroxyl groups is 1. The summed E-state index contributed by atoms with van der Waals surface area (Å²) in [5.74, 6) is 0.0754. The molecule has 1 saturated heterocycles. The molecule has 0 unspecified atom stereocenters. The topological polar surface area (TPSA) is 58.4 Å². The van der Waals surface area contributed by atoms with Gasteiger partial charge in [-0.25, -0.2) is 4.98 Å². The Bertz CT molecular complexity index is 961. The molecule has 3 heterocycles. The van der Waals surface area contributed by atoms with E-state index in [4.69, 9.17) is 0 Å². The molecule has 1 aliphatic heterocycles. The molecule has 1 amide bonds. The first-order valence-electron chi connectivity index (χ1n) is 9.53. The van der Waals surface area contributed by atoms with Crippen LogP contribution in [-0.2, 0) is 5.60 Å². The van der Waals surface area contributed by atoms with Gasteiger partial charge >= 0.3 is 0 Å². The number of fused-ring (bicyclic) bond motifs is 1. The SMILES string of the molecule is CC(C)(O)c1ccc(-n2ccc3cc(C(=O)N4CCCCC4)cnc32)cc1. The van der Waals surface area contributed by atoms with Crippen molar-refractivity contribution in [3.8, 4) is 5.69 Å². The Labute approximate surface area is 159 Å². The van der Waals surface area contributed by atoms with Gasteiger partial charge in [-0.2, -0.15) is 0 Å². The summed E-state index contributed by atoms with van der Waals surface area (Å²) in [6.07, 6.45) is 7.01. The van der Waals surface area contributed by atoms with Crippen LogP contribution < -0.4 is 0 Å². The molecule has 3 aromatic rings. The van der Waals surface area contributed by atoms with E-state index in [0.29, 0.717) is 5.56 Å². The number of amides is 1. The summed E-state index contributed by atoms with van der Waals surface area (Å²) in [7, 11) is 0. The number of nitrogens with zero attached hydrogens (tertiary/aromatic N) is 3. The van der Waals surface area contributed by atoms with E-state index in [-0.39, 0.29) is 5.91 Å². The Morgan fingerprint density at radius 3 is 2.44 bits per heavy atom. The average molecular weight is 363 g/mol. The van der Waals surface area contributed by atoms with Crippen LogP contribution in [0.3, 0.4) is 0 Å². The van der Waals surface area contributed by atoms with Crippen molar-refractivity contribution in [3.05, 3.63) is 59.9 Å². The molecule has 5 heteroatoms. The van der Waals surface area contributed by atoms with Gasteiger partial charge in [0.15, 0.2) is 0 Å². The predicted molar refractivity (Wildman–Crippen MR) is 106 cm³/mol. The Morgan fingerprint density at radius 2 is 1.78 bits per heavy atom. The molecule has 0 radical (unpaired) electrons. The first-order valence-corrected chi connectivity index (χ1v) is 9.53. The molecule has 0 bridgehead atoms. The molecule has 1 aliphatic rings. The van der Waals surface area contributed by atoms with E-state index in [0.717, 1.165) is 48.2 Å². The van der Waals surface area contributed by atoms with Crippen LogP contribution in [-0.4, -0.2) is 38.6 Å². The number of hydrogen-bond acceptors (Lipinski definition) is 3. The van der Waals surface area contributed by atoms with Gasteiger partial charge in [0.05, 0.1) is 11.2 Å². The molecule has 0 atom stereocenters. The molecule has 1 fully saturated rings. The van der Waals surface area contributed by atoms with E-state index in [2.05, 4.69) is 4.98 Å². The van der Waals surface area contributed by atoms with Crippen LogP contribution in [0.2, 0.25) is 0 Å². The van der Waals surface area contributed by atoms with Gasteiger partial charge in [-0.05, 0) is 62.9 Å². The number of pyridine rings is 1. The largest absolute Gasteiger partial charge is 0.386 e. The van der Waals surface area contributed by atoms with E-state index in [1.165, 1.54) is 6.42 Å². The quantitative estimate of drug-likeness (QED) is 0.768. The highest BCUT2D eigenvalue weighted by Gasteiger charge is 2.19. The molecular weight excluding hydrogens is 338 g/mol. The molecule has 1 aromatic carbocycles. The Balaban J connectivity index is 1.63. The molecule has 2 aromatic heterocycles. The number of likely N-dealkylation sites (tertiary alicyclic amines) is 1. The van der Waals surface area contributed by atoms with Crippen LogP contribution in [0.4, 0.5) is 0 Å². The third-order valence-electron chi connectivity index (χ3n) is 5.27. The molecule has 5 nitrogen and oxygen atoms in total. The fourth-order valence-electron chi connectivity index (χ4n) is 3.66. The molecule has 4 rings (SSSR count). The van der Waals surface area contributed by atoms with Crippen molar-refractivity contribution in [3.63, 3.8) is 0 Å². The van der Waals surface area contributed by atoms with Gasteiger partial charge in [0.25, 0.3) is 5.91 Å². The van der Waals surface area contributed by atoms with Gasteiger partial charge in [-0.3, -0.25) is 4.79 Å². The van der Waals surface area contributed by atoms with Gasteiger partial charge in [0.1, 0.15) is 5.65 Å². The Morgan fingerprint density at radius 1 is 1.07 bits per heavy atom. The second-order valence-corrected chi connectivity index (χ2v) is 7.78. The van der Waals surface area contributed by atoms with Crippen LogP contribution >= 0.6 is 0 Å². The van der Waals surface area contributed by atoms with Crippen molar-refractivity contribution in [2.75, 3.05) is 13.1 Å². The highest BCUT2D eigenvalue weighted by molar-refractivity contribution is 5.97. The highest BCUT2D eigenvalue weighted by Crippen LogP contribution is 2.24. The summed E-state index contributed by atoms with van der Waals surface area (Å²) in [6.45, 7) is 5.22. The third kappa shape index (κ3) is 3.47. The van der Waals surface area contributed by atoms with Crippen LogP contribution in [0.25, 0.3) is 16.7 Å². The zero-order chi connectivity index (χ0) is 19.0. The maximum absolute atomic E-state index is 12.7. The van der Waals surface area contributed by atoms with Gasteiger partial charge in [-0.15, -0.1) is 0 Å². The number of aromatic nitrogens is 2. The van der Waals surface area contributed by atoms with E-state index in [1.807, 2.05) is 52.1 Å². The van der Waals surface area contributed by atoms with Crippen molar-refractivity contribution in [2.45, 2.75) is 38.7 Å². The maximum atomic E-state index is 12.7. The lowest BCUT2D eigenvalue weighted by Crippen LogP contribution is -2.35. The normalized spacial score (nSPS) is 15.3. The van der Waals surface area contributed by atoms with Crippen molar-refractivity contribution < 1.29 is 9.90 Å². The Kier molecular flexibility index (Phi) is 4.48. The molecular formula is C22H25N3O2. The summed E-state index contributed by atoms with van der Waals surface area (Å²) >= 11 is 0. The monoisotopic (exact) mass is 363 g/mol. The fourth-order valence-corrected chi connectivity index (χ4v) is 3.66. The maximum Gasteiger partial charge on any atom is 0.255 e. The third-order valence-corrected chi connectivity index (χ3v) is 5.27. The minimum atomic E-state index is -0.862. The molecule has 0 saturated carbocycles. The highest BCUT2D eigenvalue weighted by atomic mass is 16.3. The van der Waals surface area contributed by atoms with Crippen molar-refractivity contribution in [1.29, 1.82) is 0 Å². The molecule has 0 aliphatic carbocycles. The number of hydrogen-bond donors (Lipinski definition) is 1. The van der Waals surface area contributed by atoms with Gasteiger partial charge in [0.2, 0.25) is 0 Å². The number of benzene rings is 1. The van der Waals surface area contributed by atoms with Crippen LogP contribution in [0, 0.1) is 0 Å². The van der Waals surface area contributed by atoms with E-state index >= 15 is 0 Å². The zero-order valence-electron chi connectivity index (χ0n) is 15.9. The molecule has 1 N–H and O–H groups in total. The van der Waals surface area contributed by atoms with E-state index < -0.39 is 5.60 Å². The van der Waals surface area contributed by atoms with E-state index in [1.54, 1.807) is 20.0 Å². The first-order chi connectivity index (χ1) is 12.9. The lowest BCUT2D eigenvalue weighted by atomic mass is 9.98. The predicted octanol–water partition coefficient (Wildman–Crippen LogP) is 3.88. The summed E-state index contributed by atoms with van der Waals surface area (Å²) in [5, 5.41) is 11.1. The zero-order valence-corrected chi connectivity index (χ0v) is 15.9.